The highest BCUT2D eigenvalue weighted by Gasteiger charge is 2.28. The Morgan fingerprint density at radius 2 is 1.81 bits per heavy atom. The van der Waals surface area contributed by atoms with Crippen LogP contribution < -0.4 is 0 Å². The summed E-state index contributed by atoms with van der Waals surface area (Å²) >= 11 is 0. The fourth-order valence-electron chi connectivity index (χ4n) is 2.07. The van der Waals surface area contributed by atoms with Crippen LogP contribution in [-0.4, -0.2) is 6.21 Å². The molecule has 1 heterocycles. The molecule has 0 saturated carbocycles. The van der Waals surface area contributed by atoms with E-state index in [-0.39, 0.29) is 0 Å². The van der Waals surface area contributed by atoms with Crippen molar-refractivity contribution in [3.05, 3.63) is 48.0 Å². The zero-order chi connectivity index (χ0) is 11.0. The number of hydrogen-bond donors (Lipinski definition) is 0. The average molecular weight is 209 g/mol. The second-order valence-electron chi connectivity index (χ2n) is 4.11. The molecule has 3 heteroatoms. The number of benzene rings is 2. The van der Waals surface area contributed by atoms with Crippen molar-refractivity contribution < 1.29 is 0 Å². The van der Waals surface area contributed by atoms with Crippen LogP contribution in [0.1, 0.15) is 12.5 Å². The van der Waals surface area contributed by atoms with Gasteiger partial charge in [-0.2, -0.15) is 5.11 Å². The van der Waals surface area contributed by atoms with Gasteiger partial charge in [0.1, 0.15) is 5.54 Å². The van der Waals surface area contributed by atoms with E-state index in [0.717, 1.165) is 5.56 Å². The zero-order valence-corrected chi connectivity index (χ0v) is 8.96. The molecule has 0 radical (unpaired) electrons. The number of fused-ring (bicyclic) bond motifs is 1. The van der Waals surface area contributed by atoms with Crippen LogP contribution in [0.3, 0.4) is 0 Å². The van der Waals surface area contributed by atoms with Gasteiger partial charge in [0.15, 0.2) is 0 Å². The molecule has 0 spiro atoms. The first-order chi connectivity index (χ1) is 7.80. The molecule has 1 aliphatic heterocycles. The largest absolute Gasteiger partial charge is 0.152 e. The Kier molecular flexibility index (Phi) is 1.86. The Morgan fingerprint density at radius 3 is 2.62 bits per heavy atom. The van der Waals surface area contributed by atoms with E-state index >= 15 is 0 Å². The summed E-state index contributed by atoms with van der Waals surface area (Å²) in [5.74, 6) is 0. The molecule has 0 bridgehead atoms. The van der Waals surface area contributed by atoms with Crippen molar-refractivity contribution in [1.29, 1.82) is 0 Å². The third-order valence-electron chi connectivity index (χ3n) is 2.95. The topological polar surface area (TPSA) is 37.1 Å². The maximum atomic E-state index is 4.19. The third-order valence-corrected chi connectivity index (χ3v) is 2.95. The summed E-state index contributed by atoms with van der Waals surface area (Å²) in [5, 5.41) is 14.2. The highest BCUT2D eigenvalue weighted by molar-refractivity contribution is 5.90. The predicted molar refractivity (Wildman–Crippen MR) is 64.6 cm³/mol. The van der Waals surface area contributed by atoms with Crippen molar-refractivity contribution in [2.24, 2.45) is 15.4 Å². The lowest BCUT2D eigenvalue weighted by Crippen LogP contribution is -2.18. The maximum absolute atomic E-state index is 4.19. The summed E-state index contributed by atoms with van der Waals surface area (Å²) in [6, 6.07) is 14.5. The van der Waals surface area contributed by atoms with Crippen LogP contribution in [0.15, 0.2) is 57.9 Å². The van der Waals surface area contributed by atoms with Gasteiger partial charge in [0.25, 0.3) is 0 Å². The molecule has 2 aromatic rings. The van der Waals surface area contributed by atoms with Gasteiger partial charge in [-0.05, 0) is 28.5 Å². The van der Waals surface area contributed by atoms with E-state index in [4.69, 9.17) is 0 Å². The van der Waals surface area contributed by atoms with Gasteiger partial charge >= 0.3 is 0 Å². The summed E-state index contributed by atoms with van der Waals surface area (Å²) in [6.07, 6.45) is 1.79. The minimum absolute atomic E-state index is 0.416. The van der Waals surface area contributed by atoms with Gasteiger partial charge in [-0.1, -0.05) is 42.5 Å². The minimum atomic E-state index is -0.416. The standard InChI is InChI=1S/C13H11N3/c1-13(9-14-16-15-13)12-8-4-6-10-5-2-3-7-11(10)12/h2-9H,1H3. The van der Waals surface area contributed by atoms with Crippen LogP contribution in [0.5, 0.6) is 0 Å². The molecule has 3 rings (SSSR count). The van der Waals surface area contributed by atoms with Crippen molar-refractivity contribution in [2.45, 2.75) is 12.5 Å². The summed E-state index contributed by atoms with van der Waals surface area (Å²) < 4.78 is 0. The fraction of sp³-hybridized carbons (Fsp3) is 0.154. The van der Waals surface area contributed by atoms with Crippen LogP contribution in [0.2, 0.25) is 0 Å². The van der Waals surface area contributed by atoms with Crippen LogP contribution in [0.25, 0.3) is 10.8 Å². The molecular formula is C13H11N3. The molecule has 0 aliphatic carbocycles. The lowest BCUT2D eigenvalue weighted by atomic mass is 9.90. The Bertz CT molecular complexity index is 582. The highest BCUT2D eigenvalue weighted by Crippen LogP contribution is 2.32. The van der Waals surface area contributed by atoms with Crippen LogP contribution in [-0.2, 0) is 5.54 Å². The molecule has 1 aliphatic rings. The maximum Gasteiger partial charge on any atom is 0.143 e. The molecule has 2 aromatic carbocycles. The van der Waals surface area contributed by atoms with Gasteiger partial charge < -0.3 is 0 Å². The summed E-state index contributed by atoms with van der Waals surface area (Å²) in [5.41, 5.74) is 0.733. The summed E-state index contributed by atoms with van der Waals surface area (Å²) in [6.45, 7) is 2.02. The van der Waals surface area contributed by atoms with Gasteiger partial charge in [-0.15, -0.1) is 5.10 Å². The third kappa shape index (κ3) is 1.25. The van der Waals surface area contributed by atoms with E-state index in [0.29, 0.717) is 0 Å². The molecule has 78 valence electrons. The first-order valence-electron chi connectivity index (χ1n) is 5.24. The van der Waals surface area contributed by atoms with Crippen molar-refractivity contribution in [1.82, 2.24) is 0 Å². The van der Waals surface area contributed by atoms with Gasteiger partial charge in [0, 0.05) is 0 Å². The second-order valence-corrected chi connectivity index (χ2v) is 4.11. The Hall–Kier alpha value is -2.03. The normalized spacial score (nSPS) is 23.1. The highest BCUT2D eigenvalue weighted by atomic mass is 15.4. The quantitative estimate of drug-likeness (QED) is 0.689. The Balaban J connectivity index is 2.32. The molecule has 3 nitrogen and oxygen atoms in total. The van der Waals surface area contributed by atoms with Crippen molar-refractivity contribution >= 4 is 17.0 Å². The first kappa shape index (κ1) is 9.21. The van der Waals surface area contributed by atoms with Gasteiger partial charge in [0.05, 0.1) is 6.21 Å². The summed E-state index contributed by atoms with van der Waals surface area (Å²) in [4.78, 5) is 0. The molecule has 1 atom stereocenters. The average Bonchev–Trinajstić information content (AvgIpc) is 2.77. The SMILES string of the molecule is CC1(c2cccc3ccccc23)C=NN=N1. The molecule has 0 aromatic heterocycles. The van der Waals surface area contributed by atoms with Gasteiger partial charge in [0.2, 0.25) is 0 Å². The smallest absolute Gasteiger partial charge is 0.143 e. The molecule has 0 fully saturated rings. The number of nitrogens with zero attached hydrogens (tertiary/aromatic N) is 3. The van der Waals surface area contributed by atoms with E-state index in [1.54, 1.807) is 6.21 Å². The fourth-order valence-corrected chi connectivity index (χ4v) is 2.07. The van der Waals surface area contributed by atoms with E-state index < -0.39 is 5.54 Å². The van der Waals surface area contributed by atoms with E-state index in [1.807, 2.05) is 25.1 Å². The monoisotopic (exact) mass is 209 g/mol. The van der Waals surface area contributed by atoms with Gasteiger partial charge in [-0.25, -0.2) is 0 Å². The van der Waals surface area contributed by atoms with Crippen LogP contribution in [0, 0.1) is 0 Å². The molecule has 1 unspecified atom stereocenters. The molecule has 0 N–H and O–H groups in total. The molecule has 0 amide bonds. The second kappa shape index (κ2) is 3.23. The molecular weight excluding hydrogens is 198 g/mol. The molecule has 16 heavy (non-hydrogen) atoms. The first-order valence-corrected chi connectivity index (χ1v) is 5.24. The Labute approximate surface area is 93.5 Å². The van der Waals surface area contributed by atoms with E-state index in [1.165, 1.54) is 10.8 Å². The van der Waals surface area contributed by atoms with Crippen molar-refractivity contribution in [2.75, 3.05) is 0 Å². The number of rotatable bonds is 1. The number of hydrogen-bond acceptors (Lipinski definition) is 3. The zero-order valence-electron chi connectivity index (χ0n) is 8.96. The van der Waals surface area contributed by atoms with E-state index in [9.17, 15) is 0 Å². The van der Waals surface area contributed by atoms with E-state index in [2.05, 4.69) is 39.7 Å². The van der Waals surface area contributed by atoms with Crippen LogP contribution in [0.4, 0.5) is 0 Å². The Morgan fingerprint density at radius 1 is 1.00 bits per heavy atom. The van der Waals surface area contributed by atoms with Gasteiger partial charge in [-0.3, -0.25) is 0 Å². The van der Waals surface area contributed by atoms with Crippen molar-refractivity contribution in [3.63, 3.8) is 0 Å². The minimum Gasteiger partial charge on any atom is -0.152 e. The lowest BCUT2D eigenvalue weighted by molar-refractivity contribution is 0.677. The van der Waals surface area contributed by atoms with Crippen molar-refractivity contribution in [3.8, 4) is 0 Å². The van der Waals surface area contributed by atoms with Crippen LogP contribution >= 0.6 is 0 Å². The molecule has 0 saturated heterocycles. The predicted octanol–water partition coefficient (Wildman–Crippen LogP) is 3.51. The lowest BCUT2D eigenvalue weighted by Gasteiger charge is -2.17. The summed E-state index contributed by atoms with van der Waals surface area (Å²) in [7, 11) is 0.